The van der Waals surface area contributed by atoms with E-state index in [-0.39, 0.29) is 80.5 Å². The minimum absolute atomic E-state index is 0. The van der Waals surface area contributed by atoms with Gasteiger partial charge in [0.15, 0.2) is 0 Å². The minimum atomic E-state index is -0.535. The summed E-state index contributed by atoms with van der Waals surface area (Å²) in [6, 6.07) is 0. The molecule has 0 spiro atoms. The van der Waals surface area contributed by atoms with Crippen LogP contribution in [-0.4, -0.2) is 350 Å². The molecule has 0 radical (unpaired) electrons. The molecule has 81 heavy (non-hydrogen) atoms. The second-order valence-electron chi connectivity index (χ2n) is 26.6. The maximum atomic E-state index is 11.6. The lowest BCUT2D eigenvalue weighted by Crippen LogP contribution is -3.00. The Morgan fingerprint density at radius 3 is 0.654 bits per heavy atom. The number of aliphatic hydroxyl groups is 6. The molecule has 17 nitrogen and oxygen atoms in total. The van der Waals surface area contributed by atoms with Crippen LogP contribution in [0.2, 0.25) is 0 Å². The summed E-state index contributed by atoms with van der Waals surface area (Å²) in [5, 5.41) is 66.5. The van der Waals surface area contributed by atoms with Crippen molar-refractivity contribution < 1.29 is 132 Å². The van der Waals surface area contributed by atoms with E-state index in [0.717, 1.165) is 137 Å². The van der Waals surface area contributed by atoms with E-state index in [1.165, 1.54) is 6.42 Å². The van der Waals surface area contributed by atoms with Crippen LogP contribution in [-0.2, 0) is 0 Å². The van der Waals surface area contributed by atoms with E-state index in [2.05, 4.69) is 141 Å². The van der Waals surface area contributed by atoms with Crippen molar-refractivity contribution in [3.63, 3.8) is 0 Å². The highest BCUT2D eigenvalue weighted by Gasteiger charge is 2.30. The highest BCUT2D eigenvalue weighted by molar-refractivity contribution is 6.18. The van der Waals surface area contributed by atoms with Gasteiger partial charge in [0.1, 0.15) is 75.9 Å². The number of halogens is 7. The average Bonchev–Trinajstić information content (AvgIpc) is 3.23. The Morgan fingerprint density at radius 1 is 0.309 bits per heavy atom. The Hall–Kier alpha value is 1.35. The smallest absolute Gasteiger partial charge is 0.116 e. The van der Waals surface area contributed by atoms with E-state index >= 15 is 0 Å². The third-order valence-electron chi connectivity index (χ3n) is 14.1. The third-order valence-corrected chi connectivity index (χ3v) is 14.5. The number of quaternary nitrogens is 6. The van der Waals surface area contributed by atoms with Crippen LogP contribution in [0.3, 0.4) is 0 Å². The zero-order valence-corrected chi connectivity index (χ0v) is 60.6. The van der Waals surface area contributed by atoms with Gasteiger partial charge < -0.3 is 143 Å². The number of alkyl halides is 1. The summed E-state index contributed by atoms with van der Waals surface area (Å²) >= 11 is 5.50. The van der Waals surface area contributed by atoms with Crippen molar-refractivity contribution in [2.24, 2.45) is 11.5 Å². The van der Waals surface area contributed by atoms with Crippen LogP contribution in [0.15, 0.2) is 0 Å². The van der Waals surface area contributed by atoms with E-state index in [4.69, 9.17) is 23.1 Å². The van der Waals surface area contributed by atoms with Crippen molar-refractivity contribution in [3.8, 4) is 0 Å². The molecule has 0 fully saturated rings. The van der Waals surface area contributed by atoms with Crippen molar-refractivity contribution in [1.29, 1.82) is 0 Å². The van der Waals surface area contributed by atoms with Crippen molar-refractivity contribution in [1.82, 2.24) is 14.7 Å². The second-order valence-corrected chi connectivity index (χ2v) is 26.9. The second kappa shape index (κ2) is 55.4. The van der Waals surface area contributed by atoms with E-state index < -0.39 is 30.5 Å². The lowest BCUT2D eigenvalue weighted by molar-refractivity contribution is -0.893. The molecule has 0 saturated carbocycles. The SMILES string of the molecule is CCC[N+](C)(C)CC(O)CCl.CCC[N+](C)(C)CC(O)CN(CCN(CC(O)C[N+](C)(C)CCC)CC(O)C[N+](C)(C)CCC)CCN(CC(O)C[N+](C)(C)CCC)CC(O)C[N+](C)(C)CCC.NCCCCCN.[Cl-].[Cl-].[Cl-].[Cl-].[Cl-].[Cl-]. The van der Waals surface area contributed by atoms with Crippen LogP contribution < -0.4 is 85.9 Å². The van der Waals surface area contributed by atoms with Crippen LogP contribution in [0.1, 0.15) is 99.3 Å². The van der Waals surface area contributed by atoms with Crippen LogP contribution in [0.4, 0.5) is 0 Å². The Balaban J connectivity index is -0.000000263. The molecule has 0 saturated heterocycles. The monoisotopic (exact) mass is 1320 g/mol. The molecule has 6 unspecified atom stereocenters. The fourth-order valence-electron chi connectivity index (χ4n) is 11.3. The van der Waals surface area contributed by atoms with Crippen LogP contribution in [0.25, 0.3) is 0 Å². The largest absolute Gasteiger partial charge is 1.00 e. The van der Waals surface area contributed by atoms with Gasteiger partial charge in [0, 0.05) is 58.9 Å². The number of aliphatic hydroxyl groups excluding tert-OH is 6. The summed E-state index contributed by atoms with van der Waals surface area (Å²) in [4.78, 5) is 6.79. The lowest BCUT2D eigenvalue weighted by atomic mass is 10.2. The average molecular weight is 1320 g/mol. The number of hydrogen-bond acceptors (Lipinski definition) is 11. The van der Waals surface area contributed by atoms with Crippen molar-refractivity contribution in [2.45, 2.75) is 136 Å². The molecule has 0 aromatic rings. The van der Waals surface area contributed by atoms with Crippen LogP contribution in [0, 0.1) is 0 Å². The van der Waals surface area contributed by atoms with Crippen LogP contribution >= 0.6 is 11.6 Å². The van der Waals surface area contributed by atoms with E-state index in [9.17, 15) is 30.6 Å². The van der Waals surface area contributed by atoms with Crippen molar-refractivity contribution in [2.75, 3.05) is 241 Å². The highest BCUT2D eigenvalue weighted by atomic mass is 35.5. The predicted octanol–water partition coefficient (Wildman–Crippen LogP) is -15.7. The zero-order valence-electron chi connectivity index (χ0n) is 55.3. The van der Waals surface area contributed by atoms with Gasteiger partial charge in [-0.3, -0.25) is 14.7 Å². The first-order valence-electron chi connectivity index (χ1n) is 29.8. The van der Waals surface area contributed by atoms with E-state index in [1.54, 1.807) is 0 Å². The molecule has 0 amide bonds. The summed E-state index contributed by atoms with van der Waals surface area (Å²) in [6.45, 7) is 29.7. The standard InChI is InChI=1S/C44H103N8O5.C8H19ClNO.C5H14N2.6ClH/c1-16-25-48(6,7)35-40(53)30-45(21-23-46(31-41(54)36-49(8,9)26-17-2)32-42(55)37-50(10,11)27-18-3)22-24-47(33-43(56)38-51(12,13)28-19-4)34-44(57)39-52(14,15)29-20-5;1-4-5-10(2,3)7-8(11)6-9;6-4-2-1-3-5-7;;;;;;/h40-44,53-57H,16-39H2,1-15H3;8,11H,4-7H2,1-3H3;1-7H2;6*1H/q+5;+1;;;;;;;/p-6. The van der Waals surface area contributed by atoms with Gasteiger partial charge in [0.25, 0.3) is 0 Å². The molecule has 0 aromatic heterocycles. The van der Waals surface area contributed by atoms with Crippen molar-refractivity contribution in [3.05, 3.63) is 0 Å². The molecule has 0 aliphatic rings. The number of rotatable bonds is 45. The fraction of sp³-hybridized carbons (Fsp3) is 1.00. The van der Waals surface area contributed by atoms with Gasteiger partial charge in [0.2, 0.25) is 0 Å². The van der Waals surface area contributed by atoms with Crippen molar-refractivity contribution >= 4 is 11.6 Å². The topological polar surface area (TPSA) is 183 Å². The summed E-state index contributed by atoms with van der Waals surface area (Å²) in [7, 11) is 26.0. The Kier molecular flexibility index (Phi) is 69.3. The molecular formula is C57H136Cl7N11O6. The van der Waals surface area contributed by atoms with Gasteiger partial charge >= 0.3 is 0 Å². The molecular weight excluding hydrogens is 1180 g/mol. The highest BCUT2D eigenvalue weighted by Crippen LogP contribution is 2.12. The Bertz CT molecular complexity index is 1220. The minimum Gasteiger partial charge on any atom is -1.00 e. The van der Waals surface area contributed by atoms with E-state index in [0.29, 0.717) is 97.5 Å². The number of likely N-dealkylation sites (N-methyl/N-ethyl adjacent to an activating group) is 6. The Morgan fingerprint density at radius 2 is 0.481 bits per heavy atom. The maximum absolute atomic E-state index is 11.6. The third kappa shape index (κ3) is 61.4. The van der Waals surface area contributed by atoms with Gasteiger partial charge in [-0.2, -0.15) is 0 Å². The number of nitrogens with zero attached hydrogens (tertiary/aromatic N) is 9. The van der Waals surface area contributed by atoms with E-state index in [1.807, 2.05) is 0 Å². The predicted molar refractivity (Wildman–Crippen MR) is 321 cm³/mol. The normalized spacial score (nSPS) is 14.4. The number of unbranched alkanes of at least 4 members (excludes halogenated alkanes) is 2. The summed E-state index contributed by atoms with van der Waals surface area (Å²) in [5.74, 6) is 0.339. The maximum Gasteiger partial charge on any atom is 0.116 e. The molecule has 0 bridgehead atoms. The van der Waals surface area contributed by atoms with Gasteiger partial charge in [-0.1, -0.05) is 48.0 Å². The summed E-state index contributed by atoms with van der Waals surface area (Å²) in [6.07, 6.45) is 6.79. The molecule has 24 heteroatoms. The first-order valence-corrected chi connectivity index (χ1v) is 30.3. The molecule has 0 rings (SSSR count). The van der Waals surface area contributed by atoms with Gasteiger partial charge in [-0.05, 0) is 64.5 Å². The number of hydrogen-bond donors (Lipinski definition) is 8. The molecule has 0 aliphatic carbocycles. The molecule has 504 valence electrons. The molecule has 0 aromatic carbocycles. The molecule has 6 atom stereocenters. The van der Waals surface area contributed by atoms with Gasteiger partial charge in [-0.15, -0.1) is 11.6 Å². The first kappa shape index (κ1) is 101. The molecule has 10 N–H and O–H groups in total. The number of nitrogens with two attached hydrogens (primary N) is 2. The molecule has 0 heterocycles. The summed E-state index contributed by atoms with van der Waals surface area (Å²) in [5.41, 5.74) is 10.5. The fourth-order valence-corrected chi connectivity index (χ4v) is 11.4. The Labute approximate surface area is 543 Å². The zero-order chi connectivity index (χ0) is 58.5. The first-order chi connectivity index (χ1) is 34.6. The lowest BCUT2D eigenvalue weighted by Gasteiger charge is -2.38. The summed E-state index contributed by atoms with van der Waals surface area (Å²) < 4.78 is 4.58. The molecule has 0 aliphatic heterocycles. The van der Waals surface area contributed by atoms with Gasteiger partial charge in [0.05, 0.1) is 130 Å². The quantitative estimate of drug-likeness (QED) is 0.0165. The van der Waals surface area contributed by atoms with Gasteiger partial charge in [-0.25, -0.2) is 0 Å². The van der Waals surface area contributed by atoms with Crippen LogP contribution in [0.5, 0.6) is 0 Å².